The van der Waals surface area contributed by atoms with Crippen LogP contribution in [0.2, 0.25) is 5.02 Å². The maximum Gasteiger partial charge on any atom is 0.101 e. The molecule has 2 rings (SSSR count). The molecule has 3 nitrogen and oxygen atoms in total. The molecule has 0 saturated carbocycles. The van der Waals surface area contributed by atoms with Crippen LogP contribution in [0.3, 0.4) is 0 Å². The van der Waals surface area contributed by atoms with Crippen LogP contribution in [0.25, 0.3) is 0 Å². The van der Waals surface area contributed by atoms with E-state index in [9.17, 15) is 0 Å². The minimum absolute atomic E-state index is 0.517. The lowest BCUT2D eigenvalue weighted by molar-refractivity contribution is 0.170. The molecule has 18 heavy (non-hydrogen) atoms. The van der Waals surface area contributed by atoms with Crippen molar-refractivity contribution in [2.75, 3.05) is 25.0 Å². The molecule has 2 unspecified atom stereocenters. The summed E-state index contributed by atoms with van der Waals surface area (Å²) >= 11 is 6.09. The van der Waals surface area contributed by atoms with Gasteiger partial charge in [-0.05, 0) is 39.1 Å². The molecular formula is C14H18ClN3. The van der Waals surface area contributed by atoms with Crippen LogP contribution >= 0.6 is 11.6 Å². The van der Waals surface area contributed by atoms with Crippen molar-refractivity contribution in [2.45, 2.75) is 25.9 Å². The molecule has 0 bridgehead atoms. The van der Waals surface area contributed by atoms with E-state index in [1.807, 2.05) is 12.1 Å². The Morgan fingerprint density at radius 2 is 1.89 bits per heavy atom. The van der Waals surface area contributed by atoms with Crippen molar-refractivity contribution in [3.63, 3.8) is 0 Å². The Kier molecular flexibility index (Phi) is 3.79. The molecule has 0 radical (unpaired) electrons. The smallest absolute Gasteiger partial charge is 0.101 e. The zero-order chi connectivity index (χ0) is 13.3. The largest absolute Gasteiger partial charge is 0.368 e. The first-order valence-corrected chi connectivity index (χ1v) is 6.57. The van der Waals surface area contributed by atoms with Gasteiger partial charge in [-0.25, -0.2) is 0 Å². The van der Waals surface area contributed by atoms with Crippen LogP contribution in [0.4, 0.5) is 5.69 Å². The van der Waals surface area contributed by atoms with Gasteiger partial charge >= 0.3 is 0 Å². The normalized spacial score (nSPS) is 24.9. The van der Waals surface area contributed by atoms with E-state index in [4.69, 9.17) is 16.9 Å². The summed E-state index contributed by atoms with van der Waals surface area (Å²) < 4.78 is 0. The molecular weight excluding hydrogens is 246 g/mol. The van der Waals surface area contributed by atoms with Crippen molar-refractivity contribution in [2.24, 2.45) is 0 Å². The molecule has 0 aromatic heterocycles. The zero-order valence-electron chi connectivity index (χ0n) is 11.0. The fourth-order valence-corrected chi connectivity index (χ4v) is 2.62. The molecule has 1 aromatic rings. The maximum atomic E-state index is 8.88. The van der Waals surface area contributed by atoms with Crippen molar-refractivity contribution in [3.05, 3.63) is 28.8 Å². The third-order valence-corrected chi connectivity index (χ3v) is 4.11. The Morgan fingerprint density at radius 1 is 1.28 bits per heavy atom. The van der Waals surface area contributed by atoms with Gasteiger partial charge in [-0.2, -0.15) is 5.26 Å². The van der Waals surface area contributed by atoms with E-state index < -0.39 is 0 Å². The summed E-state index contributed by atoms with van der Waals surface area (Å²) in [4.78, 5) is 4.73. The van der Waals surface area contributed by atoms with Gasteiger partial charge in [0.2, 0.25) is 0 Å². The highest BCUT2D eigenvalue weighted by atomic mass is 35.5. The third-order valence-electron chi connectivity index (χ3n) is 3.80. The first kappa shape index (κ1) is 13.2. The van der Waals surface area contributed by atoms with Crippen molar-refractivity contribution in [3.8, 4) is 6.07 Å². The molecule has 96 valence electrons. The number of benzene rings is 1. The Balaban J connectivity index is 2.22. The summed E-state index contributed by atoms with van der Waals surface area (Å²) in [5.74, 6) is 0. The highest BCUT2D eigenvalue weighted by molar-refractivity contribution is 6.32. The second-order valence-electron chi connectivity index (χ2n) is 5.04. The van der Waals surface area contributed by atoms with Gasteiger partial charge < -0.3 is 4.90 Å². The average molecular weight is 264 g/mol. The van der Waals surface area contributed by atoms with Crippen LogP contribution in [-0.4, -0.2) is 37.1 Å². The van der Waals surface area contributed by atoms with Crippen LogP contribution in [0.5, 0.6) is 0 Å². The van der Waals surface area contributed by atoms with Crippen LogP contribution in [0.1, 0.15) is 19.4 Å². The Bertz CT molecular complexity index is 468. The number of nitriles is 1. The SMILES string of the molecule is CC1CN(c2ccc(C#N)c(Cl)c2)CC(C)N1C. The monoisotopic (exact) mass is 263 g/mol. The van der Waals surface area contributed by atoms with Gasteiger partial charge in [-0.1, -0.05) is 11.6 Å². The maximum absolute atomic E-state index is 8.88. The summed E-state index contributed by atoms with van der Waals surface area (Å²) in [7, 11) is 2.17. The lowest BCUT2D eigenvalue weighted by Gasteiger charge is -2.43. The fraction of sp³-hybridized carbons (Fsp3) is 0.500. The van der Waals surface area contributed by atoms with Gasteiger partial charge in [-0.3, -0.25) is 4.90 Å². The molecule has 1 aliphatic rings. The number of halogens is 1. The second-order valence-corrected chi connectivity index (χ2v) is 5.45. The number of hydrogen-bond acceptors (Lipinski definition) is 3. The molecule has 0 N–H and O–H groups in total. The summed E-state index contributed by atoms with van der Waals surface area (Å²) in [5.41, 5.74) is 1.64. The number of likely N-dealkylation sites (N-methyl/N-ethyl adjacent to an activating group) is 1. The minimum Gasteiger partial charge on any atom is -0.368 e. The van der Waals surface area contributed by atoms with E-state index in [0.29, 0.717) is 22.7 Å². The second kappa shape index (κ2) is 5.17. The molecule has 1 aliphatic heterocycles. The third kappa shape index (κ3) is 2.45. The molecule has 0 amide bonds. The number of rotatable bonds is 1. The van der Waals surface area contributed by atoms with Crippen LogP contribution in [0.15, 0.2) is 18.2 Å². The molecule has 0 spiro atoms. The molecule has 4 heteroatoms. The lowest BCUT2D eigenvalue weighted by Crippen LogP contribution is -2.55. The molecule has 1 heterocycles. The fourth-order valence-electron chi connectivity index (χ4n) is 2.41. The Labute approximate surface area is 114 Å². The summed E-state index contributed by atoms with van der Waals surface area (Å²) in [5, 5.41) is 9.42. The zero-order valence-corrected chi connectivity index (χ0v) is 11.8. The highest BCUT2D eigenvalue weighted by Gasteiger charge is 2.26. The van der Waals surface area contributed by atoms with Crippen LogP contribution < -0.4 is 4.90 Å². The summed E-state index contributed by atoms with van der Waals surface area (Å²) in [6.45, 7) is 6.44. The number of hydrogen-bond donors (Lipinski definition) is 0. The van der Waals surface area contributed by atoms with Crippen molar-refractivity contribution in [1.29, 1.82) is 5.26 Å². The van der Waals surface area contributed by atoms with Crippen molar-refractivity contribution < 1.29 is 0 Å². The lowest BCUT2D eigenvalue weighted by atomic mass is 10.1. The van der Waals surface area contributed by atoms with E-state index in [0.717, 1.165) is 18.8 Å². The van der Waals surface area contributed by atoms with Crippen LogP contribution in [0, 0.1) is 11.3 Å². The first-order chi connectivity index (χ1) is 8.52. The number of piperazine rings is 1. The minimum atomic E-state index is 0.517. The van der Waals surface area contributed by atoms with Crippen molar-refractivity contribution in [1.82, 2.24) is 4.90 Å². The van der Waals surface area contributed by atoms with Crippen LogP contribution in [-0.2, 0) is 0 Å². The van der Waals surface area contributed by atoms with E-state index >= 15 is 0 Å². The quantitative estimate of drug-likeness (QED) is 0.781. The van der Waals surface area contributed by atoms with Gasteiger partial charge in [0, 0.05) is 30.9 Å². The highest BCUT2D eigenvalue weighted by Crippen LogP contribution is 2.26. The molecule has 1 aromatic carbocycles. The summed E-state index contributed by atoms with van der Waals surface area (Å²) in [6, 6.07) is 8.80. The van der Waals surface area contributed by atoms with E-state index in [1.165, 1.54) is 0 Å². The van der Waals surface area contributed by atoms with Gasteiger partial charge in [0.05, 0.1) is 10.6 Å². The average Bonchev–Trinajstić information content (AvgIpc) is 2.35. The van der Waals surface area contributed by atoms with Crippen molar-refractivity contribution >= 4 is 17.3 Å². The topological polar surface area (TPSA) is 30.3 Å². The van der Waals surface area contributed by atoms with Gasteiger partial charge in [0.25, 0.3) is 0 Å². The molecule has 1 fully saturated rings. The van der Waals surface area contributed by atoms with E-state index in [2.05, 4.69) is 36.8 Å². The standard InChI is InChI=1S/C14H18ClN3/c1-10-8-18(9-11(2)17(10)3)13-5-4-12(7-16)14(15)6-13/h4-6,10-11H,8-9H2,1-3H3. The molecule has 2 atom stereocenters. The van der Waals surface area contributed by atoms with Gasteiger partial charge in [-0.15, -0.1) is 0 Å². The van der Waals surface area contributed by atoms with Gasteiger partial charge in [0.1, 0.15) is 6.07 Å². The summed E-state index contributed by atoms with van der Waals surface area (Å²) in [6.07, 6.45) is 0. The molecule has 0 aliphatic carbocycles. The predicted octanol–water partition coefficient (Wildman–Crippen LogP) is 2.74. The Morgan fingerprint density at radius 3 is 2.39 bits per heavy atom. The molecule has 1 saturated heterocycles. The van der Waals surface area contributed by atoms with E-state index in [-0.39, 0.29) is 0 Å². The predicted molar refractivity (Wildman–Crippen MR) is 75.1 cm³/mol. The first-order valence-electron chi connectivity index (χ1n) is 6.19. The Hall–Kier alpha value is -1.24. The van der Waals surface area contributed by atoms with Gasteiger partial charge in [0.15, 0.2) is 0 Å². The van der Waals surface area contributed by atoms with E-state index in [1.54, 1.807) is 6.07 Å². The number of anilines is 1. The number of nitrogens with zero attached hydrogens (tertiary/aromatic N) is 3.